The Morgan fingerprint density at radius 2 is 2.04 bits per heavy atom. The predicted octanol–water partition coefficient (Wildman–Crippen LogP) is 2.37. The van der Waals surface area contributed by atoms with Crippen molar-refractivity contribution in [1.82, 2.24) is 10.2 Å². The number of rotatable bonds is 5. The number of thioether (sulfide) groups is 1. The molecule has 130 valence electrons. The smallest absolute Gasteiger partial charge is 0.193 e. The van der Waals surface area contributed by atoms with Crippen molar-refractivity contribution in [1.29, 1.82) is 0 Å². The summed E-state index contributed by atoms with van der Waals surface area (Å²) in [5.41, 5.74) is 1.23. The summed E-state index contributed by atoms with van der Waals surface area (Å²) in [6, 6.07) is 8.27. The van der Waals surface area contributed by atoms with Gasteiger partial charge in [-0.25, -0.2) is 0 Å². The highest BCUT2D eigenvalue weighted by Crippen LogP contribution is 2.22. The van der Waals surface area contributed by atoms with Gasteiger partial charge >= 0.3 is 0 Å². The number of aliphatic imine (C=N–C) groups is 1. The fourth-order valence-corrected chi connectivity index (χ4v) is 2.89. The van der Waals surface area contributed by atoms with E-state index >= 15 is 0 Å². The fourth-order valence-electron chi connectivity index (χ4n) is 2.58. The maximum atomic E-state index is 5.31. The van der Waals surface area contributed by atoms with E-state index in [2.05, 4.69) is 38.5 Å². The highest BCUT2D eigenvalue weighted by atomic mass is 127. The van der Waals surface area contributed by atoms with Crippen LogP contribution in [0.25, 0.3) is 0 Å². The van der Waals surface area contributed by atoms with Gasteiger partial charge in [-0.1, -0.05) is 6.07 Å². The van der Waals surface area contributed by atoms with Crippen LogP contribution in [0.4, 0.5) is 5.69 Å². The summed E-state index contributed by atoms with van der Waals surface area (Å²) in [7, 11) is 3.57. The summed E-state index contributed by atoms with van der Waals surface area (Å²) < 4.78 is 5.31. The number of hydrogen-bond donors (Lipinski definition) is 1. The van der Waals surface area contributed by atoms with Crippen molar-refractivity contribution in [3.8, 4) is 5.75 Å². The van der Waals surface area contributed by atoms with Crippen LogP contribution in [0.1, 0.15) is 0 Å². The molecule has 0 atom stereocenters. The van der Waals surface area contributed by atoms with E-state index in [1.165, 1.54) is 5.69 Å². The molecule has 2 rings (SSSR count). The lowest BCUT2D eigenvalue weighted by Crippen LogP contribution is -2.52. The molecule has 0 saturated carbocycles. The van der Waals surface area contributed by atoms with Gasteiger partial charge in [-0.3, -0.25) is 4.99 Å². The third-order valence-corrected chi connectivity index (χ3v) is 4.41. The van der Waals surface area contributed by atoms with Gasteiger partial charge in [-0.05, 0) is 18.4 Å². The number of ether oxygens (including phenoxy) is 1. The lowest BCUT2D eigenvalue weighted by atomic mass is 10.2. The van der Waals surface area contributed by atoms with Gasteiger partial charge in [0.05, 0.1) is 7.11 Å². The molecule has 1 aromatic carbocycles. The molecule has 0 spiro atoms. The van der Waals surface area contributed by atoms with Crippen LogP contribution in [-0.4, -0.2) is 69.7 Å². The van der Waals surface area contributed by atoms with Crippen LogP contribution in [0.3, 0.4) is 0 Å². The molecule has 23 heavy (non-hydrogen) atoms. The zero-order chi connectivity index (χ0) is 15.8. The highest BCUT2D eigenvalue weighted by Gasteiger charge is 2.19. The number of benzene rings is 1. The first kappa shape index (κ1) is 20.2. The van der Waals surface area contributed by atoms with Crippen LogP contribution >= 0.6 is 35.7 Å². The molecule has 0 aromatic heterocycles. The molecule has 7 heteroatoms. The van der Waals surface area contributed by atoms with E-state index in [0.717, 1.165) is 50.2 Å². The summed E-state index contributed by atoms with van der Waals surface area (Å²) >= 11 is 1.85. The second-order valence-electron chi connectivity index (χ2n) is 5.14. The fraction of sp³-hybridized carbons (Fsp3) is 0.562. The summed E-state index contributed by atoms with van der Waals surface area (Å²) in [6.07, 6.45) is 2.12. The second-order valence-corrected chi connectivity index (χ2v) is 6.13. The summed E-state index contributed by atoms with van der Waals surface area (Å²) in [4.78, 5) is 9.12. The molecule has 1 heterocycles. The number of methoxy groups -OCH3 is 1. The van der Waals surface area contributed by atoms with Crippen molar-refractivity contribution in [2.24, 2.45) is 4.99 Å². The Kier molecular flexibility index (Phi) is 9.54. The zero-order valence-corrected chi connectivity index (χ0v) is 17.3. The molecule has 1 aliphatic rings. The second kappa shape index (κ2) is 10.9. The van der Waals surface area contributed by atoms with Crippen LogP contribution in [0, 0.1) is 0 Å². The number of guanidine groups is 1. The largest absolute Gasteiger partial charge is 0.497 e. The number of hydrogen-bond acceptors (Lipinski definition) is 4. The molecule has 1 fully saturated rings. The van der Waals surface area contributed by atoms with Crippen molar-refractivity contribution in [3.63, 3.8) is 0 Å². The molecule has 1 N–H and O–H groups in total. The number of halogens is 1. The molecular weight excluding hydrogens is 423 g/mol. The first-order chi connectivity index (χ1) is 10.8. The van der Waals surface area contributed by atoms with Crippen LogP contribution in [0.15, 0.2) is 29.3 Å². The third kappa shape index (κ3) is 5.95. The van der Waals surface area contributed by atoms with E-state index in [9.17, 15) is 0 Å². The predicted molar refractivity (Wildman–Crippen MR) is 112 cm³/mol. The lowest BCUT2D eigenvalue weighted by molar-refractivity contribution is 0.373. The van der Waals surface area contributed by atoms with Crippen LogP contribution < -0.4 is 15.0 Å². The van der Waals surface area contributed by atoms with Crippen LogP contribution in [0.5, 0.6) is 5.75 Å². The molecule has 0 aliphatic carbocycles. The monoisotopic (exact) mass is 450 g/mol. The Morgan fingerprint density at radius 1 is 1.30 bits per heavy atom. The molecule has 0 amide bonds. The van der Waals surface area contributed by atoms with Gasteiger partial charge in [0.1, 0.15) is 5.75 Å². The highest BCUT2D eigenvalue weighted by molar-refractivity contribution is 14.0. The number of piperazine rings is 1. The SMILES string of the molecule is CN=C(NCCSC)N1CCN(c2cccc(OC)c2)CC1.I. The molecule has 5 nitrogen and oxygen atoms in total. The van der Waals surface area contributed by atoms with Gasteiger partial charge in [-0.2, -0.15) is 11.8 Å². The van der Waals surface area contributed by atoms with Gasteiger partial charge < -0.3 is 19.9 Å². The van der Waals surface area contributed by atoms with E-state index in [-0.39, 0.29) is 24.0 Å². The molecule has 1 aliphatic heterocycles. The first-order valence-electron chi connectivity index (χ1n) is 7.62. The molecule has 0 unspecified atom stereocenters. The molecule has 1 aromatic rings. The summed E-state index contributed by atoms with van der Waals surface area (Å²) in [5, 5.41) is 3.43. The van der Waals surface area contributed by atoms with E-state index in [1.54, 1.807) is 7.11 Å². The normalized spacial score (nSPS) is 15.2. The van der Waals surface area contributed by atoms with E-state index < -0.39 is 0 Å². The maximum Gasteiger partial charge on any atom is 0.193 e. The topological polar surface area (TPSA) is 40.1 Å². The quantitative estimate of drug-likeness (QED) is 0.323. The van der Waals surface area contributed by atoms with E-state index in [1.807, 2.05) is 30.9 Å². The average molecular weight is 450 g/mol. The van der Waals surface area contributed by atoms with Gasteiger partial charge in [0.2, 0.25) is 0 Å². The van der Waals surface area contributed by atoms with Crippen LogP contribution in [-0.2, 0) is 0 Å². The van der Waals surface area contributed by atoms with Crippen molar-refractivity contribution in [2.75, 3.05) is 63.8 Å². The van der Waals surface area contributed by atoms with Crippen molar-refractivity contribution in [3.05, 3.63) is 24.3 Å². The zero-order valence-electron chi connectivity index (χ0n) is 14.1. The van der Waals surface area contributed by atoms with Gasteiger partial charge in [0, 0.05) is 57.3 Å². The number of anilines is 1. The van der Waals surface area contributed by atoms with Crippen LogP contribution in [0.2, 0.25) is 0 Å². The van der Waals surface area contributed by atoms with Crippen molar-refractivity contribution < 1.29 is 4.74 Å². The summed E-state index contributed by atoms with van der Waals surface area (Å²) in [5.74, 6) is 3.02. The lowest BCUT2D eigenvalue weighted by Gasteiger charge is -2.37. The Balaban J connectivity index is 0.00000264. The van der Waals surface area contributed by atoms with E-state index in [4.69, 9.17) is 4.74 Å². The Labute approximate surface area is 160 Å². The Bertz CT molecular complexity index is 493. The summed E-state index contributed by atoms with van der Waals surface area (Å²) in [6.45, 7) is 4.92. The maximum absolute atomic E-state index is 5.31. The minimum atomic E-state index is 0. The first-order valence-corrected chi connectivity index (χ1v) is 9.01. The van der Waals surface area contributed by atoms with Crippen molar-refractivity contribution >= 4 is 47.4 Å². The third-order valence-electron chi connectivity index (χ3n) is 3.80. The van der Waals surface area contributed by atoms with Crippen molar-refractivity contribution in [2.45, 2.75) is 0 Å². The average Bonchev–Trinajstić information content (AvgIpc) is 2.59. The van der Waals surface area contributed by atoms with E-state index in [0.29, 0.717) is 0 Å². The van der Waals surface area contributed by atoms with Gasteiger partial charge in [-0.15, -0.1) is 24.0 Å². The minimum absolute atomic E-state index is 0. The minimum Gasteiger partial charge on any atom is -0.497 e. The standard InChI is InChI=1S/C16H26N4OS.HI/c1-17-16(18-7-12-22-3)20-10-8-19(9-11-20)14-5-4-6-15(13-14)21-2;/h4-6,13H,7-12H2,1-3H3,(H,17,18);1H. The molecule has 0 bridgehead atoms. The van der Waals surface area contributed by atoms with Gasteiger partial charge in [0.15, 0.2) is 5.96 Å². The molecule has 0 radical (unpaired) electrons. The van der Waals surface area contributed by atoms with Gasteiger partial charge in [0.25, 0.3) is 0 Å². The molecular formula is C16H27IN4OS. The Morgan fingerprint density at radius 3 is 2.65 bits per heavy atom. The number of nitrogens with one attached hydrogen (secondary N) is 1. The molecule has 1 saturated heterocycles. The Hall–Kier alpha value is -0.830. The number of nitrogens with zero attached hydrogens (tertiary/aromatic N) is 3.